The van der Waals surface area contributed by atoms with Gasteiger partial charge in [0, 0.05) is 23.8 Å². The average Bonchev–Trinajstić information content (AvgIpc) is 2.86. The molecular formula is C13H13N3O2S. The number of carbonyl (C=O) groups is 1. The summed E-state index contributed by atoms with van der Waals surface area (Å²) in [6.07, 6.45) is 4.08. The van der Waals surface area contributed by atoms with Crippen molar-refractivity contribution in [1.29, 1.82) is 0 Å². The van der Waals surface area contributed by atoms with Crippen molar-refractivity contribution >= 4 is 23.1 Å². The SMILES string of the molecule is Cc1nccnc1N1CCc2sccc2C1C(=O)O. The molecule has 19 heavy (non-hydrogen) atoms. The summed E-state index contributed by atoms with van der Waals surface area (Å²) < 4.78 is 0. The molecular weight excluding hydrogens is 262 g/mol. The molecule has 1 aliphatic heterocycles. The number of nitrogens with zero attached hydrogens (tertiary/aromatic N) is 3. The molecule has 1 atom stereocenters. The number of aryl methyl sites for hydroxylation is 1. The molecule has 0 amide bonds. The average molecular weight is 275 g/mol. The van der Waals surface area contributed by atoms with E-state index in [0.717, 1.165) is 22.6 Å². The minimum Gasteiger partial charge on any atom is -0.479 e. The molecule has 2 aromatic rings. The van der Waals surface area contributed by atoms with E-state index in [1.165, 1.54) is 0 Å². The number of hydrogen-bond acceptors (Lipinski definition) is 5. The van der Waals surface area contributed by atoms with Gasteiger partial charge < -0.3 is 10.0 Å². The lowest BCUT2D eigenvalue weighted by Crippen LogP contribution is -2.40. The summed E-state index contributed by atoms with van der Waals surface area (Å²) in [5.41, 5.74) is 1.64. The van der Waals surface area contributed by atoms with Gasteiger partial charge in [-0.25, -0.2) is 9.78 Å². The highest BCUT2D eigenvalue weighted by molar-refractivity contribution is 7.10. The Hall–Kier alpha value is -1.95. The zero-order valence-corrected chi connectivity index (χ0v) is 11.2. The van der Waals surface area contributed by atoms with Crippen molar-refractivity contribution in [2.75, 3.05) is 11.4 Å². The van der Waals surface area contributed by atoms with Crippen LogP contribution in [0.1, 0.15) is 22.2 Å². The maximum atomic E-state index is 11.6. The highest BCUT2D eigenvalue weighted by Gasteiger charge is 2.35. The molecule has 0 spiro atoms. The van der Waals surface area contributed by atoms with Crippen molar-refractivity contribution < 1.29 is 9.90 Å². The van der Waals surface area contributed by atoms with Gasteiger partial charge in [-0.1, -0.05) is 0 Å². The summed E-state index contributed by atoms with van der Waals surface area (Å²) in [6.45, 7) is 2.51. The van der Waals surface area contributed by atoms with E-state index < -0.39 is 12.0 Å². The fraction of sp³-hybridized carbons (Fsp3) is 0.308. The van der Waals surface area contributed by atoms with Gasteiger partial charge in [-0.2, -0.15) is 0 Å². The maximum Gasteiger partial charge on any atom is 0.331 e. The molecule has 0 aromatic carbocycles. The van der Waals surface area contributed by atoms with E-state index in [9.17, 15) is 9.90 Å². The topological polar surface area (TPSA) is 66.3 Å². The van der Waals surface area contributed by atoms with Crippen molar-refractivity contribution in [3.8, 4) is 0 Å². The van der Waals surface area contributed by atoms with Crippen molar-refractivity contribution in [2.45, 2.75) is 19.4 Å². The molecule has 1 aliphatic rings. The minimum atomic E-state index is -0.843. The molecule has 1 N–H and O–H groups in total. The lowest BCUT2D eigenvalue weighted by molar-refractivity contribution is -0.138. The van der Waals surface area contributed by atoms with Gasteiger partial charge in [-0.05, 0) is 30.4 Å². The van der Waals surface area contributed by atoms with E-state index in [2.05, 4.69) is 9.97 Å². The van der Waals surface area contributed by atoms with Crippen molar-refractivity contribution in [1.82, 2.24) is 9.97 Å². The van der Waals surface area contributed by atoms with E-state index in [1.54, 1.807) is 23.7 Å². The number of hydrogen-bond donors (Lipinski definition) is 1. The number of anilines is 1. The van der Waals surface area contributed by atoms with Crippen LogP contribution >= 0.6 is 11.3 Å². The molecule has 6 heteroatoms. The summed E-state index contributed by atoms with van der Waals surface area (Å²) in [6, 6.07) is 1.24. The fourth-order valence-electron chi connectivity index (χ4n) is 2.49. The van der Waals surface area contributed by atoms with Crippen LogP contribution in [0, 0.1) is 6.92 Å². The first kappa shape index (κ1) is 12.1. The molecule has 3 rings (SSSR count). The van der Waals surface area contributed by atoms with Crippen LogP contribution in [0.5, 0.6) is 0 Å². The summed E-state index contributed by atoms with van der Waals surface area (Å²) >= 11 is 1.62. The van der Waals surface area contributed by atoms with Gasteiger partial charge in [0.15, 0.2) is 11.9 Å². The van der Waals surface area contributed by atoms with E-state index in [-0.39, 0.29) is 0 Å². The summed E-state index contributed by atoms with van der Waals surface area (Å²) in [5.74, 6) is -0.184. The van der Waals surface area contributed by atoms with Gasteiger partial charge in [0.05, 0.1) is 5.69 Å². The van der Waals surface area contributed by atoms with Crippen LogP contribution in [0.15, 0.2) is 23.8 Å². The van der Waals surface area contributed by atoms with E-state index in [0.29, 0.717) is 12.4 Å². The second-order valence-electron chi connectivity index (χ2n) is 4.45. The summed E-state index contributed by atoms with van der Waals surface area (Å²) in [4.78, 5) is 23.1. The number of fused-ring (bicyclic) bond motifs is 1. The van der Waals surface area contributed by atoms with Crippen LogP contribution in [0.25, 0.3) is 0 Å². The van der Waals surface area contributed by atoms with E-state index >= 15 is 0 Å². The second kappa shape index (κ2) is 4.62. The first-order chi connectivity index (χ1) is 9.18. The highest BCUT2D eigenvalue weighted by Crippen LogP contribution is 2.36. The molecule has 0 bridgehead atoms. The van der Waals surface area contributed by atoms with Gasteiger partial charge >= 0.3 is 5.97 Å². The molecule has 1 unspecified atom stereocenters. The lowest BCUT2D eigenvalue weighted by Gasteiger charge is -2.34. The Bertz CT molecular complexity index is 626. The van der Waals surface area contributed by atoms with Crippen molar-refractivity contribution in [2.24, 2.45) is 0 Å². The first-order valence-corrected chi connectivity index (χ1v) is 6.90. The second-order valence-corrected chi connectivity index (χ2v) is 5.45. The molecule has 0 fully saturated rings. The number of aliphatic carboxylic acids is 1. The molecule has 0 saturated heterocycles. The molecule has 0 saturated carbocycles. The number of rotatable bonds is 2. The van der Waals surface area contributed by atoms with E-state index in [1.807, 2.05) is 23.3 Å². The minimum absolute atomic E-state index is 0.657. The molecule has 0 radical (unpaired) electrons. The maximum absolute atomic E-state index is 11.6. The van der Waals surface area contributed by atoms with Crippen LogP contribution in [0.4, 0.5) is 5.82 Å². The van der Waals surface area contributed by atoms with Crippen LogP contribution in [-0.4, -0.2) is 27.6 Å². The largest absolute Gasteiger partial charge is 0.479 e. The van der Waals surface area contributed by atoms with Gasteiger partial charge in [0.25, 0.3) is 0 Å². The van der Waals surface area contributed by atoms with Crippen LogP contribution < -0.4 is 4.90 Å². The third-order valence-electron chi connectivity index (χ3n) is 3.33. The standard InChI is InChI=1S/C13H13N3O2S/c1-8-12(15-5-4-14-8)16-6-2-10-9(3-7-19-10)11(16)13(17)18/h3-5,7,11H,2,6H2,1H3,(H,17,18). The van der Waals surface area contributed by atoms with Crippen molar-refractivity contribution in [3.05, 3.63) is 40.0 Å². The predicted molar refractivity (Wildman–Crippen MR) is 72.5 cm³/mol. The molecule has 3 heterocycles. The number of aromatic nitrogens is 2. The Morgan fingerprint density at radius 3 is 3.00 bits per heavy atom. The number of carboxylic acid groups (broad SMARTS) is 1. The Kier molecular flexibility index (Phi) is 2.94. The first-order valence-electron chi connectivity index (χ1n) is 6.02. The normalized spacial score (nSPS) is 18.2. The monoisotopic (exact) mass is 275 g/mol. The lowest BCUT2D eigenvalue weighted by atomic mass is 10.00. The third-order valence-corrected chi connectivity index (χ3v) is 4.32. The Morgan fingerprint density at radius 2 is 2.26 bits per heavy atom. The molecule has 2 aromatic heterocycles. The van der Waals surface area contributed by atoms with Crippen LogP contribution in [-0.2, 0) is 11.2 Å². The number of thiophene rings is 1. The van der Waals surface area contributed by atoms with Gasteiger partial charge in [-0.3, -0.25) is 4.98 Å². The third kappa shape index (κ3) is 1.98. The van der Waals surface area contributed by atoms with Crippen LogP contribution in [0.2, 0.25) is 0 Å². The number of carboxylic acids is 1. The molecule has 98 valence electrons. The highest BCUT2D eigenvalue weighted by atomic mass is 32.1. The molecule has 5 nitrogen and oxygen atoms in total. The van der Waals surface area contributed by atoms with Gasteiger partial charge in [-0.15, -0.1) is 11.3 Å². The van der Waals surface area contributed by atoms with Crippen LogP contribution in [0.3, 0.4) is 0 Å². The van der Waals surface area contributed by atoms with Crippen molar-refractivity contribution in [3.63, 3.8) is 0 Å². The summed E-state index contributed by atoms with van der Waals surface area (Å²) in [7, 11) is 0. The van der Waals surface area contributed by atoms with Gasteiger partial charge in [0.2, 0.25) is 0 Å². The molecule has 0 aliphatic carbocycles. The Labute approximate surface area is 114 Å². The summed E-state index contributed by atoms with van der Waals surface area (Å²) in [5, 5.41) is 11.5. The van der Waals surface area contributed by atoms with Gasteiger partial charge in [0.1, 0.15) is 0 Å². The smallest absolute Gasteiger partial charge is 0.331 e. The fourth-order valence-corrected chi connectivity index (χ4v) is 3.40. The Morgan fingerprint density at radius 1 is 1.47 bits per heavy atom. The zero-order valence-electron chi connectivity index (χ0n) is 10.4. The zero-order chi connectivity index (χ0) is 13.4. The quantitative estimate of drug-likeness (QED) is 0.908. The van der Waals surface area contributed by atoms with E-state index in [4.69, 9.17) is 0 Å². The Balaban J connectivity index is 2.08. The predicted octanol–water partition coefficient (Wildman–Crippen LogP) is 2.03.